The number of anilines is 1. The lowest BCUT2D eigenvalue weighted by molar-refractivity contribution is -0.122. The summed E-state index contributed by atoms with van der Waals surface area (Å²) in [7, 11) is 2.06. The van der Waals surface area contributed by atoms with Gasteiger partial charge in [0.15, 0.2) is 0 Å². The van der Waals surface area contributed by atoms with Gasteiger partial charge in [0.25, 0.3) is 11.8 Å². The molecule has 0 unspecified atom stereocenters. The molecule has 0 spiro atoms. The highest BCUT2D eigenvalue weighted by atomic mass is 32.1. The Balaban J connectivity index is 1.62. The number of aromatic amines is 1. The predicted octanol–water partition coefficient (Wildman–Crippen LogP) is 2.63. The third kappa shape index (κ3) is 3.21. The van der Waals surface area contributed by atoms with Gasteiger partial charge in [0.05, 0.1) is 22.4 Å². The molecule has 3 aromatic heterocycles. The minimum atomic E-state index is -0.548. The predicted molar refractivity (Wildman–Crippen MR) is 125 cm³/mol. The first-order valence-corrected chi connectivity index (χ1v) is 11.4. The number of amides is 2. The first-order chi connectivity index (χ1) is 16.0. The van der Waals surface area contributed by atoms with Crippen LogP contribution < -0.4 is 10.2 Å². The Bertz CT molecular complexity index is 1480. The highest BCUT2D eigenvalue weighted by molar-refractivity contribution is 7.16. The van der Waals surface area contributed by atoms with E-state index in [-0.39, 0.29) is 16.8 Å². The van der Waals surface area contributed by atoms with E-state index in [4.69, 9.17) is 4.98 Å². The van der Waals surface area contributed by atoms with E-state index in [0.717, 1.165) is 36.4 Å². The summed E-state index contributed by atoms with van der Waals surface area (Å²) < 4.78 is 14.3. The third-order valence-electron chi connectivity index (χ3n) is 6.17. The average Bonchev–Trinajstić information content (AvgIpc) is 3.48. The summed E-state index contributed by atoms with van der Waals surface area (Å²) in [5, 5.41) is 5.56. The van der Waals surface area contributed by atoms with Crippen molar-refractivity contribution < 1.29 is 14.0 Å². The number of benzene rings is 1. The molecular formula is C23H19FN6O2S. The molecule has 33 heavy (non-hydrogen) atoms. The molecule has 1 aromatic carbocycles. The fourth-order valence-corrected chi connectivity index (χ4v) is 5.19. The molecule has 0 radical (unpaired) electrons. The van der Waals surface area contributed by atoms with Gasteiger partial charge in [0.1, 0.15) is 10.6 Å². The Morgan fingerprint density at radius 2 is 1.79 bits per heavy atom. The molecule has 1 fully saturated rings. The fraction of sp³-hybridized carbons (Fsp3) is 0.217. The van der Waals surface area contributed by atoms with Crippen LogP contribution in [0.15, 0.2) is 35.8 Å². The van der Waals surface area contributed by atoms with Gasteiger partial charge in [0, 0.05) is 48.7 Å². The molecule has 2 amide bonds. The molecule has 6 rings (SSSR count). The topological polar surface area (TPSA) is 94.2 Å². The van der Waals surface area contributed by atoms with Crippen molar-refractivity contribution in [3.8, 4) is 0 Å². The minimum absolute atomic E-state index is 0.139. The van der Waals surface area contributed by atoms with Gasteiger partial charge in [-0.25, -0.2) is 14.4 Å². The van der Waals surface area contributed by atoms with Gasteiger partial charge in [-0.3, -0.25) is 14.9 Å². The second kappa shape index (κ2) is 7.46. The van der Waals surface area contributed by atoms with Crippen molar-refractivity contribution >= 4 is 61.4 Å². The number of carbonyl (C=O) groups is 2. The number of H-pyrrole nitrogens is 1. The van der Waals surface area contributed by atoms with Crippen LogP contribution >= 0.6 is 11.3 Å². The summed E-state index contributed by atoms with van der Waals surface area (Å²) in [4.78, 5) is 43.7. The van der Waals surface area contributed by atoms with Gasteiger partial charge in [-0.15, -0.1) is 11.3 Å². The van der Waals surface area contributed by atoms with Crippen molar-refractivity contribution in [1.29, 1.82) is 0 Å². The molecule has 1 saturated heterocycles. The molecule has 5 heterocycles. The number of piperazine rings is 1. The monoisotopic (exact) mass is 462 g/mol. The number of imide groups is 1. The number of halogens is 1. The first kappa shape index (κ1) is 20.0. The zero-order chi connectivity index (χ0) is 22.7. The number of nitrogens with zero attached hydrogens (tertiary/aromatic N) is 4. The van der Waals surface area contributed by atoms with Crippen molar-refractivity contribution in [2.45, 2.75) is 0 Å². The molecule has 0 bridgehead atoms. The lowest BCUT2D eigenvalue weighted by Gasteiger charge is -2.32. The number of rotatable bonds is 3. The van der Waals surface area contributed by atoms with E-state index in [9.17, 15) is 14.0 Å². The summed E-state index contributed by atoms with van der Waals surface area (Å²) in [5.74, 6) is -1.04. The normalized spacial score (nSPS) is 17.6. The SMILES string of the molecule is CN1CCN(c2nc(C3=C(c4c[nH]c5sccc45)C(=O)NC3=O)c3cc(F)ccc3n2)CC1. The van der Waals surface area contributed by atoms with Gasteiger partial charge in [0.2, 0.25) is 5.95 Å². The number of likely N-dealkylation sites (N-methyl/N-ethyl adjacent to an activating group) is 1. The van der Waals surface area contributed by atoms with Crippen molar-refractivity contribution in [2.24, 2.45) is 0 Å². The molecule has 0 aliphatic carbocycles. The van der Waals surface area contributed by atoms with Crippen molar-refractivity contribution in [2.75, 3.05) is 38.1 Å². The summed E-state index contributed by atoms with van der Waals surface area (Å²) in [6, 6.07) is 6.14. The van der Waals surface area contributed by atoms with Crippen LogP contribution in [0.1, 0.15) is 11.3 Å². The average molecular weight is 463 g/mol. The van der Waals surface area contributed by atoms with Crippen LogP contribution in [0.5, 0.6) is 0 Å². The number of nitrogens with one attached hydrogen (secondary N) is 2. The summed E-state index contributed by atoms with van der Waals surface area (Å²) >= 11 is 1.51. The molecule has 0 atom stereocenters. The first-order valence-electron chi connectivity index (χ1n) is 10.6. The smallest absolute Gasteiger partial charge is 0.261 e. The van der Waals surface area contributed by atoms with Gasteiger partial charge < -0.3 is 14.8 Å². The van der Waals surface area contributed by atoms with Crippen LogP contribution in [-0.4, -0.2) is 64.9 Å². The molecule has 2 N–H and O–H groups in total. The number of hydrogen-bond donors (Lipinski definition) is 2. The zero-order valence-corrected chi connectivity index (χ0v) is 18.5. The van der Waals surface area contributed by atoms with E-state index in [2.05, 4.69) is 32.1 Å². The van der Waals surface area contributed by atoms with Crippen LogP contribution in [-0.2, 0) is 9.59 Å². The Labute approximate surface area is 191 Å². The largest absolute Gasteiger partial charge is 0.352 e. The summed E-state index contributed by atoms with van der Waals surface area (Å²) in [5.41, 5.74) is 1.77. The maximum Gasteiger partial charge on any atom is 0.261 e. The number of carbonyl (C=O) groups excluding carboxylic acids is 2. The van der Waals surface area contributed by atoms with Crippen molar-refractivity contribution in [3.05, 3.63) is 52.9 Å². The van der Waals surface area contributed by atoms with Crippen LogP contribution in [0.25, 0.3) is 32.3 Å². The van der Waals surface area contributed by atoms with Crippen molar-refractivity contribution in [1.82, 2.24) is 25.2 Å². The molecule has 2 aliphatic heterocycles. The maximum atomic E-state index is 14.3. The number of thiophene rings is 1. The molecular weight excluding hydrogens is 443 g/mol. The highest BCUT2D eigenvalue weighted by Gasteiger charge is 2.36. The standard InChI is InChI=1S/C23H19FN6O2S/c1-29-5-7-30(8-6-29)23-26-16-3-2-12(24)10-14(16)19(27-23)18-17(20(31)28-21(18)32)15-11-25-22-13(15)4-9-33-22/h2-4,9-11,25H,5-8H2,1H3,(H,28,31,32). The van der Waals surface area contributed by atoms with Crippen LogP contribution in [0.3, 0.4) is 0 Å². The van der Waals surface area contributed by atoms with Crippen molar-refractivity contribution in [3.63, 3.8) is 0 Å². The van der Waals surface area contributed by atoms with Gasteiger partial charge in [-0.05, 0) is 36.7 Å². The summed E-state index contributed by atoms with van der Waals surface area (Å²) in [6.07, 6.45) is 1.72. The molecule has 10 heteroatoms. The van der Waals surface area contributed by atoms with E-state index >= 15 is 0 Å². The molecule has 4 aromatic rings. The molecule has 166 valence electrons. The quantitative estimate of drug-likeness (QED) is 0.455. The van der Waals surface area contributed by atoms with E-state index in [0.29, 0.717) is 22.4 Å². The lowest BCUT2D eigenvalue weighted by atomic mass is 9.97. The lowest BCUT2D eigenvalue weighted by Crippen LogP contribution is -2.45. The molecule has 8 nitrogen and oxygen atoms in total. The Morgan fingerprint density at radius 3 is 2.61 bits per heavy atom. The number of aromatic nitrogens is 3. The Hall–Kier alpha value is -3.63. The van der Waals surface area contributed by atoms with Crippen LogP contribution in [0, 0.1) is 5.82 Å². The van der Waals surface area contributed by atoms with Crippen LogP contribution in [0.2, 0.25) is 0 Å². The van der Waals surface area contributed by atoms with E-state index in [1.165, 1.54) is 23.5 Å². The summed E-state index contributed by atoms with van der Waals surface area (Å²) in [6.45, 7) is 3.17. The molecule has 0 saturated carbocycles. The second-order valence-corrected chi connectivity index (χ2v) is 9.14. The minimum Gasteiger partial charge on any atom is -0.352 e. The van der Waals surface area contributed by atoms with E-state index in [1.54, 1.807) is 12.3 Å². The van der Waals surface area contributed by atoms with Crippen LogP contribution in [0.4, 0.5) is 10.3 Å². The highest BCUT2D eigenvalue weighted by Crippen LogP contribution is 2.38. The number of fused-ring (bicyclic) bond motifs is 2. The fourth-order valence-electron chi connectivity index (χ4n) is 4.42. The zero-order valence-electron chi connectivity index (χ0n) is 17.7. The Kier molecular flexibility index (Phi) is 4.52. The van der Waals surface area contributed by atoms with Gasteiger partial charge in [-0.2, -0.15) is 0 Å². The molecule has 2 aliphatic rings. The van der Waals surface area contributed by atoms with Gasteiger partial charge in [-0.1, -0.05) is 0 Å². The second-order valence-electron chi connectivity index (χ2n) is 8.22. The Morgan fingerprint density at radius 1 is 1.00 bits per heavy atom. The number of hydrogen-bond acceptors (Lipinski definition) is 7. The third-order valence-corrected chi connectivity index (χ3v) is 7.02. The van der Waals surface area contributed by atoms with E-state index in [1.807, 2.05) is 11.4 Å². The van der Waals surface area contributed by atoms with E-state index < -0.39 is 17.6 Å². The maximum absolute atomic E-state index is 14.3. The van der Waals surface area contributed by atoms with Gasteiger partial charge >= 0.3 is 0 Å².